The Morgan fingerprint density at radius 3 is 2.68 bits per heavy atom. The summed E-state index contributed by atoms with van der Waals surface area (Å²) in [6.45, 7) is 5.70. The van der Waals surface area contributed by atoms with E-state index < -0.39 is 5.41 Å². The van der Waals surface area contributed by atoms with Crippen molar-refractivity contribution < 1.29 is 9.59 Å². The average Bonchev–Trinajstić information content (AvgIpc) is 2.65. The fourth-order valence-corrected chi connectivity index (χ4v) is 3.42. The van der Waals surface area contributed by atoms with E-state index in [9.17, 15) is 9.59 Å². The molecule has 2 atom stereocenters. The second-order valence-corrected chi connectivity index (χ2v) is 7.31. The first-order valence-corrected chi connectivity index (χ1v) is 9.35. The number of hydrogen-bond donors (Lipinski definition) is 2. The summed E-state index contributed by atoms with van der Waals surface area (Å²) in [4.78, 5) is 27.4. The van der Waals surface area contributed by atoms with Crippen molar-refractivity contribution in [2.75, 3.05) is 19.6 Å². The van der Waals surface area contributed by atoms with Gasteiger partial charge in [0.25, 0.3) is 5.91 Å². The molecule has 1 heterocycles. The van der Waals surface area contributed by atoms with Crippen LogP contribution in [0.5, 0.6) is 0 Å². The van der Waals surface area contributed by atoms with E-state index >= 15 is 0 Å². The van der Waals surface area contributed by atoms with E-state index in [4.69, 9.17) is 5.73 Å². The summed E-state index contributed by atoms with van der Waals surface area (Å²) < 4.78 is 0. The van der Waals surface area contributed by atoms with E-state index in [1.165, 1.54) is 0 Å². The van der Waals surface area contributed by atoms with Gasteiger partial charge in [-0.2, -0.15) is 0 Å². The molecule has 3 N–H and O–H groups in total. The van der Waals surface area contributed by atoms with Crippen molar-refractivity contribution in [3.8, 4) is 0 Å². The Labute approximate surface area is 151 Å². The molecule has 2 unspecified atom stereocenters. The standard InChI is InChI=1S/C20H31N3O2/c1-3-4-11-17(14-21)22-19(25)20(2)12-8-13-23(15-20)18(24)16-9-6-5-7-10-16/h5-7,9-10,17H,3-4,8,11-15,21H2,1-2H3,(H,22,25). The van der Waals surface area contributed by atoms with Crippen molar-refractivity contribution in [2.24, 2.45) is 11.1 Å². The zero-order valence-electron chi connectivity index (χ0n) is 15.5. The number of nitrogens with zero attached hydrogens (tertiary/aromatic N) is 1. The lowest BCUT2D eigenvalue weighted by Crippen LogP contribution is -2.54. The normalized spacial score (nSPS) is 21.6. The van der Waals surface area contributed by atoms with Crippen LogP contribution in [-0.4, -0.2) is 42.4 Å². The van der Waals surface area contributed by atoms with Gasteiger partial charge in [-0.3, -0.25) is 9.59 Å². The van der Waals surface area contributed by atoms with E-state index in [1.807, 2.05) is 42.2 Å². The highest BCUT2D eigenvalue weighted by Crippen LogP contribution is 2.30. The van der Waals surface area contributed by atoms with Crippen LogP contribution in [0.3, 0.4) is 0 Å². The fraction of sp³-hybridized carbons (Fsp3) is 0.600. The molecule has 1 saturated heterocycles. The zero-order valence-corrected chi connectivity index (χ0v) is 15.5. The summed E-state index contributed by atoms with van der Waals surface area (Å²) in [5.74, 6) is 0.0188. The number of likely N-dealkylation sites (tertiary alicyclic amines) is 1. The lowest BCUT2D eigenvalue weighted by atomic mass is 9.80. The highest BCUT2D eigenvalue weighted by molar-refractivity contribution is 5.95. The molecule has 1 fully saturated rings. The summed E-state index contributed by atoms with van der Waals surface area (Å²) in [6.07, 6.45) is 4.68. The summed E-state index contributed by atoms with van der Waals surface area (Å²) in [5.41, 5.74) is 5.93. The number of hydrogen-bond acceptors (Lipinski definition) is 3. The summed E-state index contributed by atoms with van der Waals surface area (Å²) >= 11 is 0. The second kappa shape index (κ2) is 8.99. The predicted octanol–water partition coefficient (Wildman–Crippen LogP) is 2.56. The largest absolute Gasteiger partial charge is 0.352 e. The Balaban J connectivity index is 2.02. The van der Waals surface area contributed by atoms with Gasteiger partial charge in [0.2, 0.25) is 5.91 Å². The first kappa shape index (κ1) is 19.4. The highest BCUT2D eigenvalue weighted by atomic mass is 16.2. The summed E-state index contributed by atoms with van der Waals surface area (Å²) in [7, 11) is 0. The molecule has 25 heavy (non-hydrogen) atoms. The smallest absolute Gasteiger partial charge is 0.253 e. The van der Waals surface area contributed by atoms with Crippen LogP contribution in [0.4, 0.5) is 0 Å². The maximum Gasteiger partial charge on any atom is 0.253 e. The molecular weight excluding hydrogens is 314 g/mol. The van der Waals surface area contributed by atoms with E-state index in [1.54, 1.807) is 0 Å². The maximum atomic E-state index is 12.9. The molecular formula is C20H31N3O2. The van der Waals surface area contributed by atoms with Gasteiger partial charge in [0.15, 0.2) is 0 Å². The Morgan fingerprint density at radius 1 is 1.32 bits per heavy atom. The molecule has 2 rings (SSSR count). The number of piperidine rings is 1. The SMILES string of the molecule is CCCCC(CN)NC(=O)C1(C)CCCN(C(=O)c2ccccc2)C1. The molecule has 0 radical (unpaired) electrons. The van der Waals surface area contributed by atoms with Crippen LogP contribution in [0.15, 0.2) is 30.3 Å². The number of nitrogens with one attached hydrogen (secondary N) is 1. The van der Waals surface area contributed by atoms with Gasteiger partial charge in [0, 0.05) is 31.2 Å². The molecule has 0 aromatic heterocycles. The monoisotopic (exact) mass is 345 g/mol. The van der Waals surface area contributed by atoms with E-state index in [0.717, 1.165) is 32.1 Å². The lowest BCUT2D eigenvalue weighted by Gasteiger charge is -2.40. The molecule has 1 aromatic carbocycles. The number of amides is 2. The molecule has 1 aliphatic rings. The van der Waals surface area contributed by atoms with Crippen LogP contribution in [0.2, 0.25) is 0 Å². The molecule has 0 bridgehead atoms. The van der Waals surface area contributed by atoms with Gasteiger partial charge in [-0.25, -0.2) is 0 Å². The number of nitrogens with two attached hydrogens (primary N) is 1. The number of carbonyl (C=O) groups is 2. The van der Waals surface area contributed by atoms with Crippen LogP contribution in [0.1, 0.15) is 56.3 Å². The third kappa shape index (κ3) is 5.05. The van der Waals surface area contributed by atoms with Gasteiger partial charge < -0.3 is 16.0 Å². The van der Waals surface area contributed by atoms with Crippen LogP contribution in [0.25, 0.3) is 0 Å². The van der Waals surface area contributed by atoms with E-state index in [0.29, 0.717) is 25.2 Å². The zero-order chi connectivity index (χ0) is 18.3. The highest BCUT2D eigenvalue weighted by Gasteiger charge is 2.40. The molecule has 1 aromatic rings. The molecule has 5 heteroatoms. The molecule has 0 aliphatic carbocycles. The van der Waals surface area contributed by atoms with Crippen molar-refractivity contribution in [1.29, 1.82) is 0 Å². The fourth-order valence-electron chi connectivity index (χ4n) is 3.42. The molecule has 5 nitrogen and oxygen atoms in total. The van der Waals surface area contributed by atoms with Crippen molar-refractivity contribution in [1.82, 2.24) is 10.2 Å². The topological polar surface area (TPSA) is 75.4 Å². The van der Waals surface area contributed by atoms with Crippen LogP contribution >= 0.6 is 0 Å². The van der Waals surface area contributed by atoms with Crippen LogP contribution in [0, 0.1) is 5.41 Å². The predicted molar refractivity (Wildman–Crippen MR) is 100 cm³/mol. The first-order valence-electron chi connectivity index (χ1n) is 9.35. The van der Waals surface area contributed by atoms with Crippen molar-refractivity contribution >= 4 is 11.8 Å². The van der Waals surface area contributed by atoms with Crippen molar-refractivity contribution in [2.45, 2.75) is 52.0 Å². The maximum absolute atomic E-state index is 12.9. The lowest BCUT2D eigenvalue weighted by molar-refractivity contribution is -0.133. The molecule has 0 spiro atoms. The van der Waals surface area contributed by atoms with Gasteiger partial charge in [0.05, 0.1) is 5.41 Å². The average molecular weight is 345 g/mol. The van der Waals surface area contributed by atoms with E-state index in [-0.39, 0.29) is 17.9 Å². The van der Waals surface area contributed by atoms with Gasteiger partial charge in [-0.15, -0.1) is 0 Å². The van der Waals surface area contributed by atoms with Crippen LogP contribution < -0.4 is 11.1 Å². The minimum absolute atomic E-state index is 0.000632. The van der Waals surface area contributed by atoms with Crippen LogP contribution in [-0.2, 0) is 4.79 Å². The Bertz CT molecular complexity index is 576. The quantitative estimate of drug-likeness (QED) is 0.797. The molecule has 2 amide bonds. The Morgan fingerprint density at radius 2 is 2.04 bits per heavy atom. The third-order valence-corrected chi connectivity index (χ3v) is 5.08. The first-order chi connectivity index (χ1) is 12.0. The van der Waals surface area contributed by atoms with Gasteiger partial charge in [-0.05, 0) is 38.3 Å². The van der Waals surface area contributed by atoms with Gasteiger partial charge >= 0.3 is 0 Å². The molecule has 138 valence electrons. The van der Waals surface area contributed by atoms with Gasteiger partial charge in [0.1, 0.15) is 0 Å². The Hall–Kier alpha value is -1.88. The van der Waals surface area contributed by atoms with E-state index in [2.05, 4.69) is 12.2 Å². The number of carbonyl (C=O) groups excluding carboxylic acids is 2. The second-order valence-electron chi connectivity index (χ2n) is 7.31. The number of unbranched alkanes of at least 4 members (excludes halogenated alkanes) is 1. The van der Waals surface area contributed by atoms with Crippen molar-refractivity contribution in [3.05, 3.63) is 35.9 Å². The van der Waals surface area contributed by atoms with Gasteiger partial charge in [-0.1, -0.05) is 38.0 Å². The summed E-state index contributed by atoms with van der Waals surface area (Å²) in [6, 6.07) is 9.29. The minimum atomic E-state index is -0.553. The molecule has 1 aliphatic heterocycles. The number of rotatable bonds is 7. The molecule has 0 saturated carbocycles. The van der Waals surface area contributed by atoms with Crippen molar-refractivity contribution in [3.63, 3.8) is 0 Å². The third-order valence-electron chi connectivity index (χ3n) is 5.08. The minimum Gasteiger partial charge on any atom is -0.352 e. The Kier molecular flexibility index (Phi) is 7.00. The number of benzene rings is 1. The summed E-state index contributed by atoms with van der Waals surface area (Å²) in [5, 5.41) is 3.11.